The number of nitrogens with zero attached hydrogens (tertiary/aromatic N) is 5. The average Bonchev–Trinajstić information content (AvgIpc) is 3.57. The Bertz CT molecular complexity index is 1260. The van der Waals surface area contributed by atoms with Crippen molar-refractivity contribution < 1.29 is 28.6 Å². The monoisotopic (exact) mass is 484 g/mol. The van der Waals surface area contributed by atoms with E-state index in [9.17, 15) is 25.0 Å². The maximum Gasteiger partial charge on any atom is 0.433 e. The number of nitro groups is 2. The smallest absolute Gasteiger partial charge is 0.401 e. The second-order valence-corrected chi connectivity index (χ2v) is 7.09. The molecule has 1 unspecified atom stereocenters. The number of aliphatic hydroxyl groups excluding tert-OH is 1. The molecule has 1 atom stereocenters. The summed E-state index contributed by atoms with van der Waals surface area (Å²) in [6.45, 7) is 2.18. The van der Waals surface area contributed by atoms with Gasteiger partial charge in [-0.05, 0) is 43.3 Å². The molecular formula is C21H20N6O8. The quantitative estimate of drug-likeness (QED) is 0.288. The summed E-state index contributed by atoms with van der Waals surface area (Å²) in [6, 6.07) is 10.4. The van der Waals surface area contributed by atoms with Crippen LogP contribution in [0.15, 0.2) is 56.4 Å². The van der Waals surface area contributed by atoms with Gasteiger partial charge in [-0.3, -0.25) is 25.2 Å². The topological polar surface area (TPSA) is 190 Å². The number of hydrazone groups is 1. The van der Waals surface area contributed by atoms with Crippen molar-refractivity contribution in [2.75, 3.05) is 6.54 Å². The number of urea groups is 1. The summed E-state index contributed by atoms with van der Waals surface area (Å²) in [5.74, 6) is -0.0561. The molecule has 2 N–H and O–H groups in total. The van der Waals surface area contributed by atoms with Gasteiger partial charge in [-0.15, -0.1) is 0 Å². The molecule has 0 spiro atoms. The first-order chi connectivity index (χ1) is 16.7. The van der Waals surface area contributed by atoms with Crippen molar-refractivity contribution in [3.8, 4) is 0 Å². The zero-order chi connectivity index (χ0) is 25.4. The molecule has 1 aliphatic heterocycles. The van der Waals surface area contributed by atoms with E-state index in [-0.39, 0.29) is 36.2 Å². The summed E-state index contributed by atoms with van der Waals surface area (Å²) in [7, 11) is 0. The molecule has 14 heteroatoms. The molecule has 1 aliphatic rings. The van der Waals surface area contributed by atoms with Crippen molar-refractivity contribution in [2.45, 2.75) is 19.6 Å². The third-order valence-electron chi connectivity index (χ3n) is 4.37. The number of hydrogen-bond donors (Lipinski definition) is 2. The van der Waals surface area contributed by atoms with E-state index in [0.29, 0.717) is 23.7 Å². The molecule has 2 amide bonds. The van der Waals surface area contributed by atoms with Crippen molar-refractivity contribution in [3.05, 3.63) is 85.6 Å². The molecule has 182 valence electrons. The summed E-state index contributed by atoms with van der Waals surface area (Å²) in [5, 5.41) is 37.5. The van der Waals surface area contributed by atoms with Gasteiger partial charge in [-0.2, -0.15) is 5.10 Å². The highest BCUT2D eigenvalue weighted by atomic mass is 16.7. The lowest BCUT2D eigenvalue weighted by Gasteiger charge is -2.04. The van der Waals surface area contributed by atoms with Gasteiger partial charge in [0.05, 0.1) is 42.9 Å². The molecule has 0 saturated carbocycles. The third kappa shape index (κ3) is 7.06. The number of rotatable bonds is 7. The van der Waals surface area contributed by atoms with Crippen molar-refractivity contribution in [3.63, 3.8) is 0 Å². The average molecular weight is 484 g/mol. The zero-order valence-electron chi connectivity index (χ0n) is 18.3. The highest BCUT2D eigenvalue weighted by molar-refractivity contribution is 5.81. The van der Waals surface area contributed by atoms with Gasteiger partial charge in [-0.1, -0.05) is 6.07 Å². The Morgan fingerprint density at radius 3 is 2.34 bits per heavy atom. The summed E-state index contributed by atoms with van der Waals surface area (Å²) in [4.78, 5) is 35.0. The van der Waals surface area contributed by atoms with E-state index in [4.69, 9.17) is 13.9 Å². The van der Waals surface area contributed by atoms with E-state index in [2.05, 4.69) is 15.4 Å². The minimum Gasteiger partial charge on any atom is -0.401 e. The van der Waals surface area contributed by atoms with E-state index in [1.807, 2.05) is 6.92 Å². The summed E-state index contributed by atoms with van der Waals surface area (Å²) < 4.78 is 9.82. The summed E-state index contributed by atoms with van der Waals surface area (Å²) in [5.41, 5.74) is 1.20. The molecule has 0 aromatic carbocycles. The van der Waals surface area contributed by atoms with Crippen LogP contribution in [0.1, 0.15) is 29.8 Å². The lowest BCUT2D eigenvalue weighted by Crippen LogP contribution is -2.24. The lowest BCUT2D eigenvalue weighted by atomic mass is 10.2. The minimum absolute atomic E-state index is 0.0330. The Morgan fingerprint density at radius 2 is 1.77 bits per heavy atom. The first-order valence-corrected chi connectivity index (χ1v) is 10.1. The normalized spacial score (nSPS) is 15.3. The largest absolute Gasteiger partial charge is 0.433 e. The number of aromatic nitrogens is 1. The third-order valence-corrected chi connectivity index (χ3v) is 4.37. The molecule has 0 bridgehead atoms. The summed E-state index contributed by atoms with van der Waals surface area (Å²) in [6.07, 6.45) is 4.50. The van der Waals surface area contributed by atoms with Gasteiger partial charge in [0.1, 0.15) is 15.6 Å². The van der Waals surface area contributed by atoms with Crippen LogP contribution in [-0.4, -0.2) is 49.8 Å². The predicted octanol–water partition coefficient (Wildman–Crippen LogP) is 3.18. The SMILES string of the molecule is CC1CN(/N=C/c2ccc([N+](=O)[O-])o2)C(=O)N1.O=[N+]([O-])c1ccc(/C=C/c2cccc(CO)n2)o1. The van der Waals surface area contributed by atoms with Crippen molar-refractivity contribution in [1.29, 1.82) is 0 Å². The van der Waals surface area contributed by atoms with Gasteiger partial charge in [0.25, 0.3) is 0 Å². The predicted molar refractivity (Wildman–Crippen MR) is 122 cm³/mol. The maximum absolute atomic E-state index is 11.3. The van der Waals surface area contributed by atoms with Crippen LogP contribution >= 0.6 is 0 Å². The number of hydrogen-bond acceptors (Lipinski definition) is 10. The first kappa shape index (κ1) is 24.8. The number of amides is 2. The highest BCUT2D eigenvalue weighted by Gasteiger charge is 2.24. The van der Waals surface area contributed by atoms with Crippen molar-refractivity contribution in [2.24, 2.45) is 5.10 Å². The fourth-order valence-corrected chi connectivity index (χ4v) is 2.79. The molecule has 1 fully saturated rings. The standard InChI is InChI=1S/C12H10N2O4.C9H10N4O4/c15-8-10-3-1-2-9(13-10)4-5-11-6-7-12(18-11)14(16)17;1-6-5-12(9(14)11-6)10-4-7-2-3-8(17-7)13(15)16/h1-7,15H,8H2;2-4,6H,5H2,1H3,(H,11,14)/b5-4+;10-4+. The molecule has 1 saturated heterocycles. The Hall–Kier alpha value is -4.85. The Balaban J connectivity index is 0.000000196. The van der Waals surface area contributed by atoms with Gasteiger partial charge in [0.2, 0.25) is 0 Å². The van der Waals surface area contributed by atoms with Crippen molar-refractivity contribution in [1.82, 2.24) is 15.3 Å². The number of pyridine rings is 1. The van der Waals surface area contributed by atoms with Gasteiger partial charge < -0.3 is 19.3 Å². The number of furan rings is 2. The van der Waals surface area contributed by atoms with E-state index in [1.165, 1.54) is 35.5 Å². The van der Waals surface area contributed by atoms with Crippen LogP contribution in [0.5, 0.6) is 0 Å². The number of aliphatic hydroxyl groups is 1. The molecule has 3 aromatic rings. The molecule has 4 heterocycles. The second kappa shape index (κ2) is 11.3. The molecule has 3 aromatic heterocycles. The lowest BCUT2D eigenvalue weighted by molar-refractivity contribution is -0.402. The molecule has 35 heavy (non-hydrogen) atoms. The molecule has 0 radical (unpaired) electrons. The maximum atomic E-state index is 11.3. The van der Waals surface area contributed by atoms with Crippen LogP contribution in [0, 0.1) is 20.2 Å². The first-order valence-electron chi connectivity index (χ1n) is 10.1. The van der Waals surface area contributed by atoms with Gasteiger partial charge in [0.15, 0.2) is 5.76 Å². The van der Waals surface area contributed by atoms with Crippen LogP contribution in [0.4, 0.5) is 16.6 Å². The van der Waals surface area contributed by atoms with Gasteiger partial charge in [0, 0.05) is 6.04 Å². The fourth-order valence-electron chi connectivity index (χ4n) is 2.79. The van der Waals surface area contributed by atoms with E-state index < -0.39 is 9.85 Å². The highest BCUT2D eigenvalue weighted by Crippen LogP contribution is 2.18. The van der Waals surface area contributed by atoms with E-state index in [1.54, 1.807) is 30.4 Å². The van der Waals surface area contributed by atoms with E-state index >= 15 is 0 Å². The van der Waals surface area contributed by atoms with Crippen LogP contribution in [0.25, 0.3) is 12.2 Å². The molecule has 0 aliphatic carbocycles. The second-order valence-electron chi connectivity index (χ2n) is 7.09. The van der Waals surface area contributed by atoms with E-state index in [0.717, 1.165) is 0 Å². The zero-order valence-corrected chi connectivity index (χ0v) is 18.3. The molecule has 14 nitrogen and oxygen atoms in total. The van der Waals surface area contributed by atoms with Crippen LogP contribution < -0.4 is 5.32 Å². The fraction of sp³-hybridized carbons (Fsp3) is 0.190. The number of carbonyl (C=O) groups is 1. The van der Waals surface area contributed by atoms with Crippen LogP contribution in [-0.2, 0) is 6.61 Å². The van der Waals surface area contributed by atoms with Crippen LogP contribution in [0.3, 0.4) is 0 Å². The van der Waals surface area contributed by atoms with Gasteiger partial charge >= 0.3 is 17.8 Å². The van der Waals surface area contributed by atoms with Crippen molar-refractivity contribution >= 4 is 36.2 Å². The molecule has 4 rings (SSSR count). The Labute approximate surface area is 197 Å². The van der Waals surface area contributed by atoms with Gasteiger partial charge in [-0.25, -0.2) is 9.80 Å². The minimum atomic E-state index is -0.637. The molecular weight excluding hydrogens is 464 g/mol. The Kier molecular flexibility index (Phi) is 8.02. The Morgan fingerprint density at radius 1 is 1.11 bits per heavy atom. The number of carbonyl (C=O) groups excluding carboxylic acids is 1. The summed E-state index contributed by atoms with van der Waals surface area (Å²) >= 11 is 0. The van der Waals surface area contributed by atoms with Crippen LogP contribution in [0.2, 0.25) is 0 Å². The number of nitrogens with one attached hydrogen (secondary N) is 1.